The minimum absolute atomic E-state index is 0. The van der Waals surface area contributed by atoms with Crippen molar-refractivity contribution in [2.45, 2.75) is 44.1 Å². The Bertz CT molecular complexity index is 745. The van der Waals surface area contributed by atoms with Gasteiger partial charge in [0.2, 0.25) is 0 Å². The summed E-state index contributed by atoms with van der Waals surface area (Å²) in [6.45, 7) is 3.49. The monoisotopic (exact) mass is 449 g/mol. The number of benzene rings is 2. The highest BCUT2D eigenvalue weighted by Gasteiger charge is 2.27. The van der Waals surface area contributed by atoms with Crippen molar-refractivity contribution in [3.63, 3.8) is 0 Å². The number of aliphatic hydroxyl groups is 1. The molecule has 1 fully saturated rings. The molecule has 0 aromatic heterocycles. The van der Waals surface area contributed by atoms with Crippen LogP contribution in [-0.4, -0.2) is 29.6 Å². The molecule has 1 heterocycles. The normalized spacial score (nSPS) is 23.9. The molecule has 0 amide bonds. The summed E-state index contributed by atoms with van der Waals surface area (Å²) in [5, 5.41) is 10.6. The van der Waals surface area contributed by atoms with Gasteiger partial charge in [0, 0.05) is 11.0 Å². The fourth-order valence-corrected chi connectivity index (χ4v) is 5.16. The highest BCUT2D eigenvalue weighted by Crippen LogP contribution is 2.34. The molecule has 27 heavy (non-hydrogen) atoms. The molecule has 4 rings (SSSR count). The van der Waals surface area contributed by atoms with E-state index in [9.17, 15) is 5.11 Å². The van der Waals surface area contributed by atoms with Crippen molar-refractivity contribution < 1.29 is 5.11 Å². The van der Waals surface area contributed by atoms with Crippen molar-refractivity contribution in [2.24, 2.45) is 5.92 Å². The van der Waals surface area contributed by atoms with E-state index in [1.54, 1.807) is 0 Å². The Hall–Kier alpha value is -0.870. The number of fused-ring (bicyclic) bond motifs is 1. The van der Waals surface area contributed by atoms with Gasteiger partial charge in [-0.05, 0) is 85.9 Å². The molecule has 2 aliphatic rings. The summed E-state index contributed by atoms with van der Waals surface area (Å²) in [6.07, 6.45) is 5.39. The number of hydrogen-bond donors (Lipinski definition) is 1. The van der Waals surface area contributed by atoms with Gasteiger partial charge in [-0.15, -0.1) is 12.4 Å². The van der Waals surface area contributed by atoms with Crippen LogP contribution in [0.4, 0.5) is 0 Å². The molecule has 1 N–H and O–H groups in total. The molecule has 2 atom stereocenters. The Balaban J connectivity index is 0.00000210. The van der Waals surface area contributed by atoms with E-state index >= 15 is 0 Å². The van der Waals surface area contributed by atoms with Crippen LogP contribution >= 0.6 is 28.3 Å². The second-order valence-corrected chi connectivity index (χ2v) is 8.90. The van der Waals surface area contributed by atoms with Crippen LogP contribution in [0.1, 0.15) is 54.4 Å². The van der Waals surface area contributed by atoms with Crippen LogP contribution in [-0.2, 0) is 6.42 Å². The first kappa shape index (κ1) is 20.9. The molecular formula is C23H29BrClNO. The zero-order chi connectivity index (χ0) is 17.9. The largest absolute Gasteiger partial charge is 0.388 e. The van der Waals surface area contributed by atoms with Crippen molar-refractivity contribution in [3.05, 3.63) is 69.7 Å². The Labute approximate surface area is 177 Å². The van der Waals surface area contributed by atoms with Gasteiger partial charge in [-0.2, -0.15) is 0 Å². The number of halogens is 2. The third kappa shape index (κ3) is 5.14. The Kier molecular flexibility index (Phi) is 7.38. The van der Waals surface area contributed by atoms with E-state index in [2.05, 4.69) is 69.4 Å². The van der Waals surface area contributed by atoms with Crippen LogP contribution in [0.25, 0.3) is 0 Å². The first-order valence-electron chi connectivity index (χ1n) is 9.92. The summed E-state index contributed by atoms with van der Waals surface area (Å²) in [5.74, 6) is 1.28. The molecule has 2 nitrogen and oxygen atoms in total. The first-order chi connectivity index (χ1) is 12.7. The smallest absolute Gasteiger partial charge is 0.0795 e. The number of hydrogen-bond acceptors (Lipinski definition) is 2. The SMILES string of the molecule is Cl.OC1CC(CN2CCC(c3cccc(Br)c3)CC2)CCc2ccccc21. The van der Waals surface area contributed by atoms with Gasteiger partial charge in [0.1, 0.15) is 0 Å². The molecule has 0 saturated carbocycles. The topological polar surface area (TPSA) is 23.5 Å². The van der Waals surface area contributed by atoms with Crippen molar-refractivity contribution in [2.75, 3.05) is 19.6 Å². The third-order valence-corrected chi connectivity index (χ3v) is 6.71. The minimum atomic E-state index is -0.294. The van der Waals surface area contributed by atoms with Crippen molar-refractivity contribution in [1.82, 2.24) is 4.90 Å². The fraction of sp³-hybridized carbons (Fsp3) is 0.478. The van der Waals surface area contributed by atoms with Gasteiger partial charge >= 0.3 is 0 Å². The summed E-state index contributed by atoms with van der Waals surface area (Å²) in [6, 6.07) is 17.2. The lowest BCUT2D eigenvalue weighted by molar-refractivity contribution is 0.117. The summed E-state index contributed by atoms with van der Waals surface area (Å²) >= 11 is 3.60. The molecular weight excluding hydrogens is 422 g/mol. The van der Waals surface area contributed by atoms with Gasteiger partial charge in [-0.1, -0.05) is 52.3 Å². The first-order valence-corrected chi connectivity index (χ1v) is 10.7. The Morgan fingerprint density at radius 1 is 1.00 bits per heavy atom. The van der Waals surface area contributed by atoms with E-state index < -0.39 is 0 Å². The number of aryl methyl sites for hydroxylation is 1. The lowest BCUT2D eigenvalue weighted by Crippen LogP contribution is -2.36. The highest BCUT2D eigenvalue weighted by atomic mass is 79.9. The van der Waals surface area contributed by atoms with Crippen LogP contribution in [0.15, 0.2) is 53.0 Å². The molecule has 2 aromatic rings. The maximum atomic E-state index is 10.6. The standard InChI is InChI=1S/C23H28BrNO.ClH/c24-21-6-3-5-20(15-21)18-10-12-25(13-11-18)16-17-8-9-19-4-1-2-7-22(19)23(26)14-17;/h1-7,15,17-18,23,26H,8-14,16H2;1H. The maximum Gasteiger partial charge on any atom is 0.0795 e. The van der Waals surface area contributed by atoms with E-state index in [1.807, 2.05) is 0 Å². The maximum absolute atomic E-state index is 10.6. The summed E-state index contributed by atoms with van der Waals surface area (Å²) in [7, 11) is 0. The number of aliphatic hydroxyl groups excluding tert-OH is 1. The molecule has 2 aromatic carbocycles. The van der Waals surface area contributed by atoms with Crippen LogP contribution in [0.5, 0.6) is 0 Å². The fourth-order valence-electron chi connectivity index (χ4n) is 4.75. The van der Waals surface area contributed by atoms with Gasteiger partial charge in [0.15, 0.2) is 0 Å². The summed E-state index contributed by atoms with van der Waals surface area (Å²) < 4.78 is 1.18. The zero-order valence-corrected chi connectivity index (χ0v) is 18.1. The van der Waals surface area contributed by atoms with Gasteiger partial charge in [0.25, 0.3) is 0 Å². The Morgan fingerprint density at radius 3 is 2.56 bits per heavy atom. The quantitative estimate of drug-likeness (QED) is 0.603. The van der Waals surface area contributed by atoms with Gasteiger partial charge in [0.05, 0.1) is 6.10 Å². The Morgan fingerprint density at radius 2 is 1.78 bits per heavy atom. The van der Waals surface area contributed by atoms with E-state index in [1.165, 1.54) is 48.0 Å². The predicted molar refractivity (Wildman–Crippen MR) is 118 cm³/mol. The number of nitrogens with zero attached hydrogens (tertiary/aromatic N) is 1. The van der Waals surface area contributed by atoms with Crippen LogP contribution in [0.2, 0.25) is 0 Å². The number of likely N-dealkylation sites (tertiary alicyclic amines) is 1. The summed E-state index contributed by atoms with van der Waals surface area (Å²) in [5.41, 5.74) is 3.97. The van der Waals surface area contributed by atoms with Crippen molar-refractivity contribution >= 4 is 28.3 Å². The van der Waals surface area contributed by atoms with Gasteiger partial charge in [-0.3, -0.25) is 0 Å². The molecule has 146 valence electrons. The molecule has 1 aliphatic carbocycles. The zero-order valence-electron chi connectivity index (χ0n) is 15.7. The summed E-state index contributed by atoms with van der Waals surface area (Å²) in [4.78, 5) is 2.63. The second kappa shape index (κ2) is 9.56. The van der Waals surface area contributed by atoms with E-state index in [-0.39, 0.29) is 18.5 Å². The lowest BCUT2D eigenvalue weighted by atomic mass is 9.88. The average molecular weight is 451 g/mol. The van der Waals surface area contributed by atoms with Crippen LogP contribution in [0.3, 0.4) is 0 Å². The number of rotatable bonds is 3. The lowest BCUT2D eigenvalue weighted by Gasteiger charge is -2.34. The van der Waals surface area contributed by atoms with E-state index in [0.717, 1.165) is 24.9 Å². The third-order valence-electron chi connectivity index (χ3n) is 6.22. The molecule has 4 heteroatoms. The second-order valence-electron chi connectivity index (χ2n) is 7.98. The molecule has 0 radical (unpaired) electrons. The molecule has 2 unspecified atom stereocenters. The molecule has 1 aliphatic heterocycles. The number of piperidine rings is 1. The average Bonchev–Trinajstić information content (AvgIpc) is 2.82. The van der Waals surface area contributed by atoms with E-state index in [0.29, 0.717) is 11.8 Å². The van der Waals surface area contributed by atoms with Crippen LogP contribution in [0, 0.1) is 5.92 Å². The van der Waals surface area contributed by atoms with Gasteiger partial charge < -0.3 is 10.0 Å². The minimum Gasteiger partial charge on any atom is -0.388 e. The van der Waals surface area contributed by atoms with Crippen molar-refractivity contribution in [1.29, 1.82) is 0 Å². The molecule has 0 bridgehead atoms. The molecule has 0 spiro atoms. The highest BCUT2D eigenvalue weighted by molar-refractivity contribution is 9.10. The van der Waals surface area contributed by atoms with Crippen LogP contribution < -0.4 is 0 Å². The van der Waals surface area contributed by atoms with Crippen molar-refractivity contribution in [3.8, 4) is 0 Å². The predicted octanol–water partition coefficient (Wildman–Crippen LogP) is 5.74. The van der Waals surface area contributed by atoms with Gasteiger partial charge in [-0.25, -0.2) is 0 Å². The van der Waals surface area contributed by atoms with E-state index in [4.69, 9.17) is 0 Å². The molecule has 1 saturated heterocycles.